The van der Waals surface area contributed by atoms with Gasteiger partial charge in [0.1, 0.15) is 24.0 Å². The number of nitrogens with zero attached hydrogens (tertiary/aromatic N) is 5. The van der Waals surface area contributed by atoms with Crippen LogP contribution in [0.4, 0.5) is 5.82 Å². The van der Waals surface area contributed by atoms with Crippen molar-refractivity contribution in [1.29, 1.82) is 0 Å². The largest absolute Gasteiger partial charge is 0.491 e. The van der Waals surface area contributed by atoms with Crippen molar-refractivity contribution in [3.05, 3.63) is 87.3 Å². The Balaban J connectivity index is 0.00000144. The molecule has 2 aromatic heterocycles. The van der Waals surface area contributed by atoms with E-state index in [0.29, 0.717) is 19.7 Å². The molecule has 1 aliphatic carbocycles. The van der Waals surface area contributed by atoms with Crippen molar-refractivity contribution in [3.8, 4) is 16.9 Å². The lowest BCUT2D eigenvalue weighted by molar-refractivity contribution is 0.331. The Morgan fingerprint density at radius 2 is 1.89 bits per heavy atom. The van der Waals surface area contributed by atoms with Gasteiger partial charge in [-0.2, -0.15) is 0 Å². The molecule has 3 heterocycles. The molecule has 0 bridgehead atoms. The average molecular weight is 528 g/mol. The molecule has 196 valence electrons. The first-order valence-electron chi connectivity index (χ1n) is 12.6. The van der Waals surface area contributed by atoms with Gasteiger partial charge in [0.2, 0.25) is 0 Å². The summed E-state index contributed by atoms with van der Waals surface area (Å²) in [5.41, 5.74) is 21.1. The van der Waals surface area contributed by atoms with Gasteiger partial charge in [-0.3, -0.25) is 0 Å². The third kappa shape index (κ3) is 5.00. The molecule has 0 unspecified atom stereocenters. The number of hydrogen-bond acceptors (Lipinski definition) is 9. The molecule has 6 rings (SSSR count). The van der Waals surface area contributed by atoms with Crippen molar-refractivity contribution in [3.63, 3.8) is 0 Å². The van der Waals surface area contributed by atoms with Gasteiger partial charge in [0.05, 0.1) is 34.9 Å². The van der Waals surface area contributed by atoms with Crippen LogP contribution in [0, 0.1) is 6.92 Å². The van der Waals surface area contributed by atoms with Crippen LogP contribution in [0.2, 0.25) is 0 Å². The van der Waals surface area contributed by atoms with Crippen LogP contribution in [0.3, 0.4) is 0 Å². The molecule has 9 heteroatoms. The minimum Gasteiger partial charge on any atom is -0.491 e. The zero-order valence-electron chi connectivity index (χ0n) is 22.2. The van der Waals surface area contributed by atoms with Crippen molar-refractivity contribution >= 4 is 28.4 Å². The maximum absolute atomic E-state index is 6.57. The fourth-order valence-corrected chi connectivity index (χ4v) is 5.61. The van der Waals surface area contributed by atoms with Gasteiger partial charge < -0.3 is 26.0 Å². The molecule has 4 N–H and O–H groups in total. The number of aromatic nitrogens is 3. The standard InChI is InChI=1S/C28H28N6OS.CH5N/c1-17-23(18-7-5-4-6-8-18)28(32-22(31-17)15-33(2)3)34-11-12-35-21-10-9-19(13-20(21)14-34)25(29)24-26-27(24)36-16-30-26;1-2/h4-10,13,16H,11-12,14-15,29H2,1-3H3;2H2,1H3/b25-24-;. The van der Waals surface area contributed by atoms with Gasteiger partial charge >= 0.3 is 0 Å². The lowest BCUT2D eigenvalue weighted by Gasteiger charge is -2.26. The summed E-state index contributed by atoms with van der Waals surface area (Å²) >= 11 is 1.64. The highest BCUT2D eigenvalue weighted by atomic mass is 32.1. The van der Waals surface area contributed by atoms with Crippen LogP contribution in [0.1, 0.15) is 33.2 Å². The summed E-state index contributed by atoms with van der Waals surface area (Å²) in [4.78, 5) is 19.9. The maximum atomic E-state index is 6.57. The zero-order valence-corrected chi connectivity index (χ0v) is 23.0. The molecule has 0 fully saturated rings. The highest BCUT2D eigenvalue weighted by Crippen LogP contribution is 2.48. The molecule has 0 amide bonds. The maximum Gasteiger partial charge on any atom is 0.144 e. The first-order valence-corrected chi connectivity index (χ1v) is 13.5. The SMILES string of the molecule is CN.Cc1nc(CN(C)C)nc(N2CCOc3ccc(/C(N)=C4\c5ncsc54)cc3C2)c1-c1ccccc1. The Kier molecular flexibility index (Phi) is 7.42. The first-order chi connectivity index (χ1) is 18.5. The molecule has 8 nitrogen and oxygen atoms in total. The molecule has 0 atom stereocenters. The predicted octanol–water partition coefficient (Wildman–Crippen LogP) is 4.13. The van der Waals surface area contributed by atoms with Crippen molar-refractivity contribution in [2.75, 3.05) is 39.2 Å². The van der Waals surface area contributed by atoms with Crippen LogP contribution in [0.15, 0.2) is 54.0 Å². The Morgan fingerprint density at radius 3 is 2.61 bits per heavy atom. The highest BCUT2D eigenvalue weighted by molar-refractivity contribution is 7.12. The summed E-state index contributed by atoms with van der Waals surface area (Å²) in [6.07, 6.45) is 0. The number of aryl methyl sites for hydroxylation is 1. The number of hydrogen-bond donors (Lipinski definition) is 2. The summed E-state index contributed by atoms with van der Waals surface area (Å²) in [6.45, 7) is 4.71. The topological polar surface area (TPSA) is 106 Å². The molecule has 0 saturated heterocycles. The quantitative estimate of drug-likeness (QED) is 0.351. The van der Waals surface area contributed by atoms with Gasteiger partial charge in [-0.1, -0.05) is 30.3 Å². The number of anilines is 1. The van der Waals surface area contributed by atoms with Gasteiger partial charge in [-0.05, 0) is 57.4 Å². The third-order valence-corrected chi connectivity index (χ3v) is 7.37. The van der Waals surface area contributed by atoms with Crippen molar-refractivity contribution in [2.24, 2.45) is 11.5 Å². The minimum atomic E-state index is 0.574. The lowest BCUT2D eigenvalue weighted by atomic mass is 10.0. The van der Waals surface area contributed by atoms with Crippen LogP contribution in [0.25, 0.3) is 22.4 Å². The molecular weight excluding hydrogens is 494 g/mol. The van der Waals surface area contributed by atoms with E-state index in [1.807, 2.05) is 37.8 Å². The monoisotopic (exact) mass is 527 g/mol. The van der Waals surface area contributed by atoms with Crippen molar-refractivity contribution < 1.29 is 4.74 Å². The second-order valence-electron chi connectivity index (χ2n) is 9.44. The van der Waals surface area contributed by atoms with E-state index < -0.39 is 0 Å². The number of rotatable bonds is 5. The van der Waals surface area contributed by atoms with Crippen LogP contribution in [0.5, 0.6) is 5.75 Å². The third-order valence-electron chi connectivity index (χ3n) is 6.53. The van der Waals surface area contributed by atoms with E-state index >= 15 is 0 Å². The zero-order chi connectivity index (χ0) is 26.8. The fourth-order valence-electron chi connectivity index (χ4n) is 4.81. The molecule has 0 spiro atoms. The summed E-state index contributed by atoms with van der Waals surface area (Å²) < 4.78 is 6.17. The van der Waals surface area contributed by atoms with Gasteiger partial charge in [0.15, 0.2) is 0 Å². The Bertz CT molecular complexity index is 1460. The molecule has 1 aliphatic heterocycles. The van der Waals surface area contributed by atoms with E-state index in [4.69, 9.17) is 20.4 Å². The minimum absolute atomic E-state index is 0.574. The van der Waals surface area contributed by atoms with E-state index in [2.05, 4.69) is 57.8 Å². The van der Waals surface area contributed by atoms with E-state index in [0.717, 1.165) is 68.8 Å². The van der Waals surface area contributed by atoms with Crippen molar-refractivity contribution in [2.45, 2.75) is 20.0 Å². The van der Waals surface area contributed by atoms with Gasteiger partial charge in [0, 0.05) is 28.9 Å². The second-order valence-corrected chi connectivity index (χ2v) is 10.3. The number of benzene rings is 2. The fraction of sp³-hybridized carbons (Fsp3) is 0.276. The first kappa shape index (κ1) is 25.8. The molecule has 2 aromatic carbocycles. The van der Waals surface area contributed by atoms with Crippen LogP contribution in [-0.2, 0) is 13.1 Å². The van der Waals surface area contributed by atoms with Crippen LogP contribution < -0.4 is 21.1 Å². The summed E-state index contributed by atoms with van der Waals surface area (Å²) in [6, 6.07) is 16.6. The summed E-state index contributed by atoms with van der Waals surface area (Å²) in [7, 11) is 5.57. The summed E-state index contributed by atoms with van der Waals surface area (Å²) in [5, 5.41) is 0. The number of thiazole rings is 1. The van der Waals surface area contributed by atoms with Gasteiger partial charge in [-0.25, -0.2) is 15.0 Å². The number of nitrogens with two attached hydrogens (primary N) is 2. The molecule has 4 aromatic rings. The normalized spacial score (nSPS) is 15.1. The van der Waals surface area contributed by atoms with Crippen molar-refractivity contribution in [1.82, 2.24) is 19.9 Å². The van der Waals surface area contributed by atoms with Crippen LogP contribution >= 0.6 is 11.3 Å². The molecule has 0 radical (unpaired) electrons. The van der Waals surface area contributed by atoms with E-state index in [9.17, 15) is 0 Å². The van der Waals surface area contributed by atoms with E-state index in [-0.39, 0.29) is 0 Å². The Labute approximate surface area is 227 Å². The number of fused-ring (bicyclic) bond motifs is 2. The highest BCUT2D eigenvalue weighted by Gasteiger charge is 2.33. The molecule has 2 aliphatic rings. The van der Waals surface area contributed by atoms with Crippen LogP contribution in [-0.4, -0.2) is 54.1 Å². The predicted molar refractivity (Wildman–Crippen MR) is 155 cm³/mol. The Morgan fingerprint density at radius 1 is 1.11 bits per heavy atom. The van der Waals surface area contributed by atoms with Gasteiger partial charge in [-0.15, -0.1) is 11.3 Å². The van der Waals surface area contributed by atoms with Gasteiger partial charge in [0.25, 0.3) is 0 Å². The molecular formula is C29H33N7OS. The Hall–Kier alpha value is -3.79. The molecule has 38 heavy (non-hydrogen) atoms. The second kappa shape index (κ2) is 10.9. The average Bonchev–Trinajstić information content (AvgIpc) is 3.49. The molecule has 0 saturated carbocycles. The lowest BCUT2D eigenvalue weighted by Crippen LogP contribution is -2.28. The van der Waals surface area contributed by atoms with E-state index in [1.54, 1.807) is 11.3 Å². The summed E-state index contributed by atoms with van der Waals surface area (Å²) in [5.74, 6) is 2.64. The number of ether oxygens (including phenoxy) is 1. The smallest absolute Gasteiger partial charge is 0.144 e. The van der Waals surface area contributed by atoms with E-state index in [1.165, 1.54) is 11.9 Å².